The number of aryl methyl sites for hydroxylation is 1. The third kappa shape index (κ3) is 5.98. The van der Waals surface area contributed by atoms with Gasteiger partial charge in [-0.25, -0.2) is 0 Å². The minimum Gasteiger partial charge on any atom is -0.460 e. The minimum atomic E-state index is -0.522. The molecule has 3 aliphatic heterocycles. The molecule has 2 bridgehead atoms. The average Bonchev–Trinajstić information content (AvgIpc) is 2.79. The number of benzene rings is 1. The summed E-state index contributed by atoms with van der Waals surface area (Å²) in [6, 6.07) is 8.47. The zero-order valence-electron chi connectivity index (χ0n) is 20.7. The molecule has 33 heavy (non-hydrogen) atoms. The number of ether oxygens (including phenoxy) is 2. The highest BCUT2D eigenvalue weighted by molar-refractivity contribution is 5.83. The van der Waals surface area contributed by atoms with Gasteiger partial charge in [-0.1, -0.05) is 43.5 Å². The summed E-state index contributed by atoms with van der Waals surface area (Å²) >= 11 is 0. The quantitative estimate of drug-likeness (QED) is 0.530. The molecule has 182 valence electrons. The smallest absolute Gasteiger partial charge is 0.316 e. The van der Waals surface area contributed by atoms with Gasteiger partial charge in [0, 0.05) is 13.0 Å². The van der Waals surface area contributed by atoms with E-state index in [0.29, 0.717) is 12.3 Å². The summed E-state index contributed by atoms with van der Waals surface area (Å²) < 4.78 is 11.7. The Kier molecular flexibility index (Phi) is 7.47. The van der Waals surface area contributed by atoms with Crippen molar-refractivity contribution >= 4 is 11.9 Å². The van der Waals surface area contributed by atoms with Crippen molar-refractivity contribution in [2.45, 2.75) is 102 Å². The van der Waals surface area contributed by atoms with E-state index in [9.17, 15) is 9.59 Å². The van der Waals surface area contributed by atoms with Crippen LogP contribution in [0.15, 0.2) is 24.3 Å². The molecule has 0 N–H and O–H groups in total. The molecule has 1 aliphatic carbocycles. The molecular formula is C28H41NO4. The fraction of sp³-hybridized carbons (Fsp3) is 0.714. The summed E-state index contributed by atoms with van der Waals surface area (Å²) in [5, 5.41) is 0. The normalized spacial score (nSPS) is 26.6. The molecule has 0 amide bonds. The third-order valence-corrected chi connectivity index (χ3v) is 7.70. The zero-order valence-corrected chi connectivity index (χ0v) is 20.7. The van der Waals surface area contributed by atoms with E-state index in [1.165, 1.54) is 12.0 Å². The number of rotatable bonds is 7. The van der Waals surface area contributed by atoms with Crippen molar-refractivity contribution in [1.29, 1.82) is 0 Å². The number of carbonyl (C=O) groups excluding carboxylic acids is 2. The molecule has 3 saturated heterocycles. The lowest BCUT2D eigenvalue weighted by Crippen LogP contribution is -2.53. The lowest BCUT2D eigenvalue weighted by molar-refractivity contribution is -0.167. The van der Waals surface area contributed by atoms with Crippen LogP contribution in [0.25, 0.3) is 0 Å². The molecule has 4 aliphatic rings. The first-order chi connectivity index (χ1) is 15.7. The van der Waals surface area contributed by atoms with Crippen molar-refractivity contribution in [2.75, 3.05) is 19.6 Å². The zero-order chi connectivity index (χ0) is 23.5. The van der Waals surface area contributed by atoms with Crippen molar-refractivity contribution in [3.05, 3.63) is 35.4 Å². The van der Waals surface area contributed by atoms with Gasteiger partial charge in [0.25, 0.3) is 0 Å². The van der Waals surface area contributed by atoms with Gasteiger partial charge < -0.3 is 9.47 Å². The first-order valence-corrected chi connectivity index (χ1v) is 13.0. The Bertz CT molecular complexity index is 829. The highest BCUT2D eigenvalue weighted by Crippen LogP contribution is 2.42. The Morgan fingerprint density at radius 2 is 1.82 bits per heavy atom. The lowest BCUT2D eigenvalue weighted by Gasteiger charge is -2.45. The molecular weight excluding hydrogens is 414 g/mol. The predicted octanol–water partition coefficient (Wildman–Crippen LogP) is 5.19. The fourth-order valence-corrected chi connectivity index (χ4v) is 5.91. The van der Waals surface area contributed by atoms with Crippen LogP contribution in [0.5, 0.6) is 0 Å². The van der Waals surface area contributed by atoms with Crippen LogP contribution in [-0.2, 0) is 30.9 Å². The average molecular weight is 456 g/mol. The number of fused-ring (bicyclic) bond motifs is 3. The van der Waals surface area contributed by atoms with Crippen LogP contribution in [-0.4, -0.2) is 48.2 Å². The summed E-state index contributed by atoms with van der Waals surface area (Å²) in [5.41, 5.74) is 1.31. The highest BCUT2D eigenvalue weighted by atomic mass is 16.6. The molecule has 4 fully saturated rings. The summed E-state index contributed by atoms with van der Waals surface area (Å²) in [5.74, 6) is 0.370. The van der Waals surface area contributed by atoms with Gasteiger partial charge >= 0.3 is 11.9 Å². The van der Waals surface area contributed by atoms with Crippen LogP contribution in [0.4, 0.5) is 0 Å². The number of carbonyl (C=O) groups is 2. The second kappa shape index (κ2) is 10.2. The van der Waals surface area contributed by atoms with E-state index in [1.807, 2.05) is 20.8 Å². The maximum atomic E-state index is 13.7. The summed E-state index contributed by atoms with van der Waals surface area (Å²) in [6.45, 7) is 8.88. The van der Waals surface area contributed by atoms with Crippen molar-refractivity contribution in [3.8, 4) is 0 Å². The maximum absolute atomic E-state index is 13.7. The van der Waals surface area contributed by atoms with E-state index >= 15 is 0 Å². The third-order valence-electron chi connectivity index (χ3n) is 7.70. The predicted molar refractivity (Wildman–Crippen MR) is 129 cm³/mol. The van der Waals surface area contributed by atoms with Gasteiger partial charge in [0.2, 0.25) is 0 Å². The highest BCUT2D eigenvalue weighted by Gasteiger charge is 2.45. The van der Waals surface area contributed by atoms with Crippen LogP contribution < -0.4 is 0 Å². The number of nitrogens with zero attached hydrogens (tertiary/aromatic N) is 1. The largest absolute Gasteiger partial charge is 0.460 e. The van der Waals surface area contributed by atoms with Gasteiger partial charge in [-0.15, -0.1) is 0 Å². The topological polar surface area (TPSA) is 55.8 Å². The maximum Gasteiger partial charge on any atom is 0.316 e. The van der Waals surface area contributed by atoms with Crippen LogP contribution in [0, 0.1) is 5.92 Å². The first kappa shape index (κ1) is 24.3. The SMILES string of the molecule is CC(C)(C)OC(=O)CCCc1cccc(C2(C(=O)OC3CN4CCC3CC4)CCCCC2)c1. The molecule has 0 radical (unpaired) electrons. The standard InChI is InChI=1S/C28H41NO4/c1-27(2,3)33-25(30)12-8-10-21-9-7-11-23(19-21)28(15-5-4-6-16-28)26(31)32-24-20-29-17-13-22(24)14-18-29/h7,9,11,19,22,24H,4-6,8,10,12-18,20H2,1-3H3. The molecule has 5 heteroatoms. The molecule has 1 unspecified atom stereocenters. The second-order valence-electron chi connectivity index (χ2n) is 11.4. The molecule has 1 saturated carbocycles. The van der Waals surface area contributed by atoms with E-state index in [4.69, 9.17) is 9.47 Å². The number of esters is 2. The van der Waals surface area contributed by atoms with E-state index in [2.05, 4.69) is 29.2 Å². The van der Waals surface area contributed by atoms with Crippen LogP contribution >= 0.6 is 0 Å². The Labute approximate surface area is 199 Å². The van der Waals surface area contributed by atoms with Crippen LogP contribution in [0.2, 0.25) is 0 Å². The van der Waals surface area contributed by atoms with Crippen molar-refractivity contribution in [1.82, 2.24) is 4.90 Å². The van der Waals surface area contributed by atoms with Gasteiger partial charge in [0.1, 0.15) is 11.7 Å². The Morgan fingerprint density at radius 3 is 2.45 bits per heavy atom. The fourth-order valence-electron chi connectivity index (χ4n) is 5.91. The van der Waals surface area contributed by atoms with Gasteiger partial charge in [-0.2, -0.15) is 0 Å². The van der Waals surface area contributed by atoms with Crippen molar-refractivity contribution < 1.29 is 19.1 Å². The summed E-state index contributed by atoms with van der Waals surface area (Å²) in [4.78, 5) is 28.2. The molecule has 0 aromatic heterocycles. The second-order valence-corrected chi connectivity index (χ2v) is 11.4. The van der Waals surface area contributed by atoms with E-state index < -0.39 is 11.0 Å². The number of hydrogen-bond donors (Lipinski definition) is 0. The Balaban J connectivity index is 1.43. The minimum absolute atomic E-state index is 0.00754. The summed E-state index contributed by atoms with van der Waals surface area (Å²) in [7, 11) is 0. The van der Waals surface area contributed by atoms with Gasteiger partial charge in [0.05, 0.1) is 5.41 Å². The first-order valence-electron chi connectivity index (χ1n) is 13.0. The molecule has 1 aromatic rings. The van der Waals surface area contributed by atoms with E-state index in [1.54, 1.807) is 0 Å². The molecule has 1 aromatic carbocycles. The van der Waals surface area contributed by atoms with E-state index in [0.717, 1.165) is 76.6 Å². The van der Waals surface area contributed by atoms with Crippen LogP contribution in [0.1, 0.15) is 89.7 Å². The Hall–Kier alpha value is -1.88. The molecule has 5 nitrogen and oxygen atoms in total. The number of piperidine rings is 3. The molecule has 0 spiro atoms. The Morgan fingerprint density at radius 1 is 1.09 bits per heavy atom. The monoisotopic (exact) mass is 455 g/mol. The molecule has 3 heterocycles. The van der Waals surface area contributed by atoms with Crippen molar-refractivity contribution in [2.24, 2.45) is 5.92 Å². The van der Waals surface area contributed by atoms with Gasteiger partial charge in [-0.3, -0.25) is 14.5 Å². The lowest BCUT2D eigenvalue weighted by atomic mass is 9.69. The van der Waals surface area contributed by atoms with Gasteiger partial charge in [-0.05, 0) is 89.4 Å². The molecule has 1 atom stereocenters. The van der Waals surface area contributed by atoms with Gasteiger partial charge in [0.15, 0.2) is 0 Å². The van der Waals surface area contributed by atoms with E-state index in [-0.39, 0.29) is 18.0 Å². The van der Waals surface area contributed by atoms with Crippen molar-refractivity contribution in [3.63, 3.8) is 0 Å². The van der Waals surface area contributed by atoms with Crippen LogP contribution in [0.3, 0.4) is 0 Å². The number of hydrogen-bond acceptors (Lipinski definition) is 5. The molecule has 5 rings (SSSR count). The summed E-state index contributed by atoms with van der Waals surface area (Å²) in [6.07, 6.45) is 9.37.